The molecule has 1 atom stereocenters. The molecule has 5 heteroatoms. The zero-order valence-corrected chi connectivity index (χ0v) is 10.2. The van der Waals surface area contributed by atoms with E-state index in [0.717, 1.165) is 0 Å². The molecule has 1 aromatic rings. The predicted molar refractivity (Wildman–Crippen MR) is 63.8 cm³/mol. The molecule has 0 spiro atoms. The highest BCUT2D eigenvalue weighted by molar-refractivity contribution is 5.76. The van der Waals surface area contributed by atoms with Crippen LogP contribution in [-0.4, -0.2) is 38.9 Å². The monoisotopic (exact) mass is 239 g/mol. The Labute approximate surface area is 100 Å². The van der Waals surface area contributed by atoms with Crippen molar-refractivity contribution in [3.8, 4) is 11.5 Å². The van der Waals surface area contributed by atoms with E-state index in [0.29, 0.717) is 23.6 Å². The summed E-state index contributed by atoms with van der Waals surface area (Å²) in [6.07, 6.45) is 0. The second kappa shape index (κ2) is 6.10. The SMILES string of the molecule is CNCC(C(=O)O)c1cc(OC)cc(OC)c1. The summed E-state index contributed by atoms with van der Waals surface area (Å²) < 4.78 is 10.2. The minimum absolute atomic E-state index is 0.353. The van der Waals surface area contributed by atoms with Crippen LogP contribution in [0.2, 0.25) is 0 Å². The molecular weight excluding hydrogens is 222 g/mol. The minimum Gasteiger partial charge on any atom is -0.497 e. The van der Waals surface area contributed by atoms with E-state index in [1.807, 2.05) is 0 Å². The van der Waals surface area contributed by atoms with Crippen LogP contribution in [0.15, 0.2) is 18.2 Å². The van der Waals surface area contributed by atoms with Crippen LogP contribution in [0.3, 0.4) is 0 Å². The standard InChI is InChI=1S/C12H17NO4/c1-13-7-11(12(14)15)8-4-9(16-2)6-10(5-8)17-3/h4-6,11,13H,7H2,1-3H3,(H,14,15). The van der Waals surface area contributed by atoms with Gasteiger partial charge >= 0.3 is 5.97 Å². The van der Waals surface area contributed by atoms with E-state index in [9.17, 15) is 4.79 Å². The summed E-state index contributed by atoms with van der Waals surface area (Å²) in [6, 6.07) is 5.12. The van der Waals surface area contributed by atoms with Crippen molar-refractivity contribution in [2.45, 2.75) is 5.92 Å². The van der Waals surface area contributed by atoms with Crippen LogP contribution in [-0.2, 0) is 4.79 Å². The highest BCUT2D eigenvalue weighted by Crippen LogP contribution is 2.27. The van der Waals surface area contributed by atoms with E-state index in [4.69, 9.17) is 14.6 Å². The summed E-state index contributed by atoms with van der Waals surface area (Å²) in [6.45, 7) is 0.353. The lowest BCUT2D eigenvalue weighted by molar-refractivity contribution is -0.138. The smallest absolute Gasteiger partial charge is 0.312 e. The summed E-state index contributed by atoms with van der Waals surface area (Å²) in [4.78, 5) is 11.2. The molecule has 0 amide bonds. The zero-order valence-electron chi connectivity index (χ0n) is 10.2. The van der Waals surface area contributed by atoms with E-state index >= 15 is 0 Å². The number of aliphatic carboxylic acids is 1. The molecule has 1 rings (SSSR count). The van der Waals surface area contributed by atoms with Gasteiger partial charge in [0.25, 0.3) is 0 Å². The summed E-state index contributed by atoms with van der Waals surface area (Å²) in [5, 5.41) is 12.0. The van der Waals surface area contributed by atoms with Gasteiger partial charge in [-0.25, -0.2) is 0 Å². The average molecular weight is 239 g/mol. The maximum atomic E-state index is 11.2. The van der Waals surface area contributed by atoms with Gasteiger partial charge in [0.1, 0.15) is 11.5 Å². The Morgan fingerprint density at radius 3 is 2.18 bits per heavy atom. The Kier molecular flexibility index (Phi) is 4.78. The van der Waals surface area contributed by atoms with Crippen molar-refractivity contribution in [2.24, 2.45) is 0 Å². The number of likely N-dealkylation sites (N-methyl/N-ethyl adjacent to an activating group) is 1. The molecule has 17 heavy (non-hydrogen) atoms. The Morgan fingerprint density at radius 2 is 1.82 bits per heavy atom. The van der Waals surface area contributed by atoms with Crippen LogP contribution in [0, 0.1) is 0 Å². The van der Waals surface area contributed by atoms with Crippen LogP contribution < -0.4 is 14.8 Å². The first-order valence-electron chi connectivity index (χ1n) is 5.22. The number of hydrogen-bond donors (Lipinski definition) is 2. The van der Waals surface area contributed by atoms with Gasteiger partial charge in [-0.05, 0) is 24.7 Å². The van der Waals surface area contributed by atoms with Gasteiger partial charge in [0.05, 0.1) is 20.1 Å². The third-order valence-electron chi connectivity index (χ3n) is 2.48. The first kappa shape index (κ1) is 13.3. The lowest BCUT2D eigenvalue weighted by atomic mass is 9.98. The molecule has 0 aromatic heterocycles. The van der Waals surface area contributed by atoms with Gasteiger partial charge in [-0.2, -0.15) is 0 Å². The molecule has 0 saturated carbocycles. The summed E-state index contributed by atoms with van der Waals surface area (Å²) >= 11 is 0. The lowest BCUT2D eigenvalue weighted by Gasteiger charge is -2.14. The van der Waals surface area contributed by atoms with Crippen LogP contribution in [0.4, 0.5) is 0 Å². The molecule has 0 bridgehead atoms. The largest absolute Gasteiger partial charge is 0.497 e. The highest BCUT2D eigenvalue weighted by atomic mass is 16.5. The fourth-order valence-corrected chi connectivity index (χ4v) is 1.58. The highest BCUT2D eigenvalue weighted by Gasteiger charge is 2.20. The van der Waals surface area contributed by atoms with E-state index in [-0.39, 0.29) is 0 Å². The van der Waals surface area contributed by atoms with E-state index < -0.39 is 11.9 Å². The average Bonchev–Trinajstić information content (AvgIpc) is 2.34. The lowest BCUT2D eigenvalue weighted by Crippen LogP contribution is -2.24. The second-order valence-electron chi connectivity index (χ2n) is 3.59. The quantitative estimate of drug-likeness (QED) is 0.777. The van der Waals surface area contributed by atoms with Crippen molar-refractivity contribution in [2.75, 3.05) is 27.8 Å². The molecule has 0 radical (unpaired) electrons. The fraction of sp³-hybridized carbons (Fsp3) is 0.417. The van der Waals surface area contributed by atoms with E-state index in [2.05, 4.69) is 5.32 Å². The van der Waals surface area contributed by atoms with Crippen LogP contribution >= 0.6 is 0 Å². The van der Waals surface area contributed by atoms with Crippen molar-refractivity contribution < 1.29 is 19.4 Å². The number of nitrogens with one attached hydrogen (secondary N) is 1. The van der Waals surface area contributed by atoms with Gasteiger partial charge in [0.15, 0.2) is 0 Å². The molecule has 2 N–H and O–H groups in total. The van der Waals surface area contributed by atoms with Crippen molar-refractivity contribution in [1.29, 1.82) is 0 Å². The van der Waals surface area contributed by atoms with Gasteiger partial charge in [0, 0.05) is 12.6 Å². The van der Waals surface area contributed by atoms with Crippen LogP contribution in [0.25, 0.3) is 0 Å². The van der Waals surface area contributed by atoms with Gasteiger partial charge in [-0.15, -0.1) is 0 Å². The number of ether oxygens (including phenoxy) is 2. The summed E-state index contributed by atoms with van der Waals surface area (Å²) in [5.74, 6) is -0.331. The fourth-order valence-electron chi connectivity index (χ4n) is 1.58. The number of carbonyl (C=O) groups is 1. The number of methoxy groups -OCH3 is 2. The van der Waals surface area contributed by atoms with E-state index in [1.54, 1.807) is 25.2 Å². The molecule has 0 saturated heterocycles. The number of carboxylic acid groups (broad SMARTS) is 1. The number of rotatable bonds is 6. The molecule has 0 heterocycles. The van der Waals surface area contributed by atoms with Crippen LogP contribution in [0.1, 0.15) is 11.5 Å². The first-order valence-corrected chi connectivity index (χ1v) is 5.22. The summed E-state index contributed by atoms with van der Waals surface area (Å²) in [5.41, 5.74) is 0.656. The number of hydrogen-bond acceptors (Lipinski definition) is 4. The zero-order chi connectivity index (χ0) is 12.8. The third-order valence-corrected chi connectivity index (χ3v) is 2.48. The van der Waals surface area contributed by atoms with E-state index in [1.165, 1.54) is 14.2 Å². The van der Waals surface area contributed by atoms with Crippen molar-refractivity contribution in [3.05, 3.63) is 23.8 Å². The maximum absolute atomic E-state index is 11.2. The van der Waals surface area contributed by atoms with Crippen molar-refractivity contribution >= 4 is 5.97 Å². The van der Waals surface area contributed by atoms with Crippen LogP contribution in [0.5, 0.6) is 11.5 Å². The Hall–Kier alpha value is -1.75. The summed E-state index contributed by atoms with van der Waals surface area (Å²) in [7, 11) is 4.78. The van der Waals surface area contributed by atoms with Gasteiger partial charge < -0.3 is 19.9 Å². The van der Waals surface area contributed by atoms with Gasteiger partial charge in [-0.1, -0.05) is 0 Å². The van der Waals surface area contributed by atoms with Crippen molar-refractivity contribution in [3.63, 3.8) is 0 Å². The molecule has 0 aliphatic carbocycles. The maximum Gasteiger partial charge on any atom is 0.312 e. The van der Waals surface area contributed by atoms with Crippen molar-refractivity contribution in [1.82, 2.24) is 5.32 Å². The molecular formula is C12H17NO4. The van der Waals surface area contributed by atoms with Gasteiger partial charge in [-0.3, -0.25) is 4.79 Å². The number of carboxylic acids is 1. The second-order valence-corrected chi connectivity index (χ2v) is 3.59. The molecule has 5 nitrogen and oxygen atoms in total. The predicted octanol–water partition coefficient (Wildman–Crippen LogP) is 1.09. The third kappa shape index (κ3) is 3.35. The first-order chi connectivity index (χ1) is 8.12. The Morgan fingerprint density at radius 1 is 1.29 bits per heavy atom. The normalized spacial score (nSPS) is 11.9. The molecule has 0 aliphatic rings. The molecule has 0 aliphatic heterocycles. The molecule has 0 fully saturated rings. The number of benzene rings is 1. The topological polar surface area (TPSA) is 67.8 Å². The van der Waals surface area contributed by atoms with Gasteiger partial charge in [0.2, 0.25) is 0 Å². The molecule has 1 unspecified atom stereocenters. The Bertz CT molecular complexity index is 370. The Balaban J connectivity index is 3.12. The molecule has 94 valence electrons. The molecule has 1 aromatic carbocycles. The minimum atomic E-state index is -0.880.